The summed E-state index contributed by atoms with van der Waals surface area (Å²) in [5, 5.41) is 12.6. The van der Waals surface area contributed by atoms with E-state index < -0.39 is 0 Å². The first-order valence-corrected chi connectivity index (χ1v) is 7.57. The highest BCUT2D eigenvalue weighted by Crippen LogP contribution is 2.29. The molecule has 0 radical (unpaired) electrons. The first-order chi connectivity index (χ1) is 10.6. The van der Waals surface area contributed by atoms with Gasteiger partial charge in [0, 0.05) is 5.54 Å². The summed E-state index contributed by atoms with van der Waals surface area (Å²) in [5.41, 5.74) is 0.0321. The van der Waals surface area contributed by atoms with Gasteiger partial charge in [-0.05, 0) is 49.9 Å². The van der Waals surface area contributed by atoms with Crippen molar-refractivity contribution < 1.29 is 9.84 Å². The fourth-order valence-electron chi connectivity index (χ4n) is 2.68. The number of hydrogen-bond donors (Lipinski definition) is 2. The molecule has 0 aliphatic rings. The van der Waals surface area contributed by atoms with E-state index in [0.717, 1.165) is 6.42 Å². The van der Waals surface area contributed by atoms with Crippen molar-refractivity contribution in [3.05, 3.63) is 30.6 Å². The first kappa shape index (κ1) is 17.0. The highest BCUT2D eigenvalue weighted by Gasteiger charge is 2.26. The maximum atomic E-state index is 9.28. The van der Waals surface area contributed by atoms with Gasteiger partial charge in [0.15, 0.2) is 0 Å². The van der Waals surface area contributed by atoms with Crippen LogP contribution in [0.25, 0.3) is 0 Å². The third-order valence-electron chi connectivity index (χ3n) is 3.02. The lowest BCUT2D eigenvalue weighted by Gasteiger charge is -2.33. The van der Waals surface area contributed by atoms with Crippen molar-refractivity contribution in [2.45, 2.75) is 46.6 Å². The van der Waals surface area contributed by atoms with E-state index in [0.29, 0.717) is 11.7 Å². The molecule has 0 saturated carbocycles. The SMILES string of the molecule is CC(C)(C)CC(C)(C)Nc1ncnc(Oc2ccc(O)cc2)n1. The second-order valence-electron chi connectivity index (χ2n) is 7.43. The largest absolute Gasteiger partial charge is 0.508 e. The van der Waals surface area contributed by atoms with E-state index in [-0.39, 0.29) is 22.7 Å². The van der Waals surface area contributed by atoms with Crippen LogP contribution in [-0.2, 0) is 0 Å². The minimum absolute atomic E-state index is 0.157. The van der Waals surface area contributed by atoms with Gasteiger partial charge in [-0.25, -0.2) is 4.98 Å². The Labute approximate surface area is 137 Å². The minimum Gasteiger partial charge on any atom is -0.508 e. The van der Waals surface area contributed by atoms with Crippen LogP contribution in [0.2, 0.25) is 0 Å². The molecule has 1 aromatic heterocycles. The molecule has 2 N–H and O–H groups in total. The average molecular weight is 316 g/mol. The van der Waals surface area contributed by atoms with Crippen LogP contribution in [0.3, 0.4) is 0 Å². The van der Waals surface area contributed by atoms with E-state index in [1.165, 1.54) is 6.33 Å². The van der Waals surface area contributed by atoms with Crippen LogP contribution in [0, 0.1) is 5.41 Å². The molecular weight excluding hydrogens is 292 g/mol. The number of anilines is 1. The van der Waals surface area contributed by atoms with Gasteiger partial charge in [-0.1, -0.05) is 20.8 Å². The number of hydrogen-bond acceptors (Lipinski definition) is 6. The van der Waals surface area contributed by atoms with Crippen molar-refractivity contribution in [2.75, 3.05) is 5.32 Å². The lowest BCUT2D eigenvalue weighted by molar-refractivity contribution is 0.301. The summed E-state index contributed by atoms with van der Waals surface area (Å²) in [7, 11) is 0. The molecule has 0 fully saturated rings. The Hall–Kier alpha value is -2.37. The van der Waals surface area contributed by atoms with Gasteiger partial charge in [0.1, 0.15) is 17.8 Å². The van der Waals surface area contributed by atoms with E-state index in [1.807, 2.05) is 0 Å². The van der Waals surface area contributed by atoms with E-state index in [2.05, 4.69) is 54.9 Å². The molecule has 0 bridgehead atoms. The fourth-order valence-corrected chi connectivity index (χ4v) is 2.68. The number of nitrogens with zero attached hydrogens (tertiary/aromatic N) is 3. The normalized spacial score (nSPS) is 12.0. The van der Waals surface area contributed by atoms with Crippen molar-refractivity contribution >= 4 is 5.95 Å². The van der Waals surface area contributed by atoms with Crippen LogP contribution in [0.1, 0.15) is 41.0 Å². The minimum atomic E-state index is -0.157. The molecule has 6 nitrogen and oxygen atoms in total. The predicted molar refractivity (Wildman–Crippen MR) is 89.8 cm³/mol. The van der Waals surface area contributed by atoms with Crippen molar-refractivity contribution in [1.29, 1.82) is 0 Å². The molecule has 0 unspecified atom stereocenters. The molecule has 0 atom stereocenters. The summed E-state index contributed by atoms with van der Waals surface area (Å²) < 4.78 is 5.58. The van der Waals surface area contributed by atoms with Crippen LogP contribution < -0.4 is 10.1 Å². The van der Waals surface area contributed by atoms with Crippen LogP contribution in [0.4, 0.5) is 5.95 Å². The molecule has 0 spiro atoms. The van der Waals surface area contributed by atoms with E-state index in [9.17, 15) is 5.11 Å². The van der Waals surface area contributed by atoms with Gasteiger partial charge in [-0.2, -0.15) is 9.97 Å². The van der Waals surface area contributed by atoms with E-state index in [1.54, 1.807) is 24.3 Å². The van der Waals surface area contributed by atoms with Crippen molar-refractivity contribution in [1.82, 2.24) is 15.0 Å². The number of aromatic nitrogens is 3. The molecule has 23 heavy (non-hydrogen) atoms. The summed E-state index contributed by atoms with van der Waals surface area (Å²) in [4.78, 5) is 12.5. The molecule has 0 saturated heterocycles. The Morgan fingerprint density at radius 3 is 2.30 bits per heavy atom. The third-order valence-corrected chi connectivity index (χ3v) is 3.02. The zero-order chi connectivity index (χ0) is 17.1. The maximum absolute atomic E-state index is 9.28. The lowest BCUT2D eigenvalue weighted by Crippen LogP contribution is -2.36. The number of phenolic OH excluding ortho intramolecular Hbond substituents is 1. The summed E-state index contributed by atoms with van der Waals surface area (Å²) in [6, 6.07) is 6.59. The van der Waals surface area contributed by atoms with Gasteiger partial charge in [-0.3, -0.25) is 0 Å². The van der Waals surface area contributed by atoms with E-state index >= 15 is 0 Å². The van der Waals surface area contributed by atoms with Gasteiger partial charge in [0.25, 0.3) is 0 Å². The summed E-state index contributed by atoms with van der Waals surface area (Å²) in [6.07, 6.45) is 2.37. The summed E-state index contributed by atoms with van der Waals surface area (Å²) >= 11 is 0. The maximum Gasteiger partial charge on any atom is 0.326 e. The number of nitrogens with one attached hydrogen (secondary N) is 1. The number of rotatable bonds is 5. The Bertz CT molecular complexity index is 648. The van der Waals surface area contributed by atoms with Gasteiger partial charge < -0.3 is 15.2 Å². The highest BCUT2D eigenvalue weighted by molar-refractivity contribution is 5.33. The summed E-state index contributed by atoms with van der Waals surface area (Å²) in [6.45, 7) is 10.8. The van der Waals surface area contributed by atoms with Crippen LogP contribution in [0.15, 0.2) is 30.6 Å². The molecular formula is C17H24N4O2. The molecule has 0 amide bonds. The predicted octanol–water partition coefficient (Wildman–Crippen LogP) is 4.00. The Kier molecular flexibility index (Phi) is 4.73. The Morgan fingerprint density at radius 1 is 1.04 bits per heavy atom. The van der Waals surface area contributed by atoms with Crippen LogP contribution in [0.5, 0.6) is 17.5 Å². The summed E-state index contributed by atoms with van der Waals surface area (Å²) in [5.74, 6) is 1.20. The average Bonchev–Trinajstić information content (AvgIpc) is 2.38. The number of benzene rings is 1. The molecule has 2 aromatic rings. The van der Waals surface area contributed by atoms with Crippen molar-refractivity contribution in [3.8, 4) is 17.5 Å². The highest BCUT2D eigenvalue weighted by atomic mass is 16.5. The second kappa shape index (κ2) is 6.40. The molecule has 0 aliphatic heterocycles. The van der Waals surface area contributed by atoms with Gasteiger partial charge in [0.2, 0.25) is 5.95 Å². The van der Waals surface area contributed by atoms with Crippen LogP contribution >= 0.6 is 0 Å². The molecule has 124 valence electrons. The smallest absolute Gasteiger partial charge is 0.326 e. The monoisotopic (exact) mass is 316 g/mol. The van der Waals surface area contributed by atoms with Gasteiger partial charge in [0.05, 0.1) is 0 Å². The third kappa shape index (κ3) is 5.73. The van der Waals surface area contributed by atoms with Crippen molar-refractivity contribution in [3.63, 3.8) is 0 Å². The first-order valence-electron chi connectivity index (χ1n) is 7.57. The molecule has 1 aromatic carbocycles. The number of aromatic hydroxyl groups is 1. The second-order valence-corrected chi connectivity index (χ2v) is 7.43. The van der Waals surface area contributed by atoms with Crippen molar-refractivity contribution in [2.24, 2.45) is 5.41 Å². The zero-order valence-corrected chi connectivity index (χ0v) is 14.3. The van der Waals surface area contributed by atoms with Crippen LogP contribution in [-0.4, -0.2) is 25.6 Å². The number of ether oxygens (including phenoxy) is 1. The molecule has 0 aliphatic carbocycles. The lowest BCUT2D eigenvalue weighted by atomic mass is 9.82. The molecule has 1 heterocycles. The Balaban J connectivity index is 2.09. The topological polar surface area (TPSA) is 80.2 Å². The van der Waals surface area contributed by atoms with Gasteiger partial charge in [-0.15, -0.1) is 0 Å². The molecule has 6 heteroatoms. The molecule has 2 rings (SSSR count). The fraction of sp³-hybridized carbons (Fsp3) is 0.471. The van der Waals surface area contributed by atoms with Gasteiger partial charge >= 0.3 is 6.01 Å². The zero-order valence-electron chi connectivity index (χ0n) is 14.3. The van der Waals surface area contributed by atoms with E-state index in [4.69, 9.17) is 4.74 Å². The standard InChI is InChI=1S/C17H24N4O2/c1-16(2,3)10-17(4,5)21-14-18-11-19-15(20-14)23-13-8-6-12(22)7-9-13/h6-9,11,22H,10H2,1-5H3,(H,18,19,20,21). The quantitative estimate of drug-likeness (QED) is 0.868. The Morgan fingerprint density at radius 2 is 1.70 bits per heavy atom. The number of phenols is 1.